The zero-order valence-corrected chi connectivity index (χ0v) is 20.4. The number of aryl methyl sites for hydroxylation is 1. The monoisotopic (exact) mass is 483 g/mol. The van der Waals surface area contributed by atoms with Gasteiger partial charge in [-0.2, -0.15) is 0 Å². The lowest BCUT2D eigenvalue weighted by molar-refractivity contribution is 0.0696. The fourth-order valence-electron chi connectivity index (χ4n) is 4.62. The van der Waals surface area contributed by atoms with Crippen LogP contribution in [0.4, 0.5) is 5.95 Å². The summed E-state index contributed by atoms with van der Waals surface area (Å²) in [5.74, 6) is 0.244. The van der Waals surface area contributed by atoms with E-state index in [1.165, 1.54) is 30.6 Å². The third kappa shape index (κ3) is 5.65. The number of thiophene rings is 1. The van der Waals surface area contributed by atoms with Crippen LogP contribution in [0.3, 0.4) is 0 Å². The minimum absolute atomic E-state index is 0.00412. The summed E-state index contributed by atoms with van der Waals surface area (Å²) in [5.41, 5.74) is 7.59. The van der Waals surface area contributed by atoms with E-state index >= 15 is 0 Å². The fraction of sp³-hybridized carbons (Fsp3) is 0.480. The summed E-state index contributed by atoms with van der Waals surface area (Å²) in [6.07, 6.45) is 6.88. The number of amides is 2. The Kier molecular flexibility index (Phi) is 7.97. The Morgan fingerprint density at radius 3 is 2.76 bits per heavy atom. The van der Waals surface area contributed by atoms with Gasteiger partial charge in [0.1, 0.15) is 6.23 Å². The molecule has 4 rings (SSSR count). The Hall–Kier alpha value is -2.75. The molecule has 182 valence electrons. The normalized spacial score (nSPS) is 15.4. The molecule has 34 heavy (non-hydrogen) atoms. The van der Waals surface area contributed by atoms with Gasteiger partial charge < -0.3 is 20.3 Å². The molecular weight excluding hydrogens is 450 g/mol. The van der Waals surface area contributed by atoms with Crippen molar-refractivity contribution in [2.45, 2.75) is 70.2 Å². The van der Waals surface area contributed by atoms with Crippen molar-refractivity contribution in [1.82, 2.24) is 14.5 Å². The van der Waals surface area contributed by atoms with Crippen molar-refractivity contribution < 1.29 is 14.7 Å². The number of aromatic nitrogens is 2. The molecule has 0 spiro atoms. The number of carbonyl (C=O) groups excluding carboxylic acids is 2. The molecule has 0 bridgehead atoms. The molecule has 1 atom stereocenters. The average molecular weight is 484 g/mol. The van der Waals surface area contributed by atoms with Crippen LogP contribution >= 0.6 is 11.3 Å². The number of hydrogen-bond acceptors (Lipinski definition) is 6. The minimum atomic E-state index is -0.827. The van der Waals surface area contributed by atoms with Crippen LogP contribution < -0.4 is 11.1 Å². The second-order valence-electron chi connectivity index (χ2n) is 8.99. The number of anilines is 1. The molecule has 2 heterocycles. The number of nitrogens with zero attached hydrogens (tertiary/aromatic N) is 3. The Morgan fingerprint density at radius 2 is 2.06 bits per heavy atom. The number of carbonyl (C=O) groups is 2. The molecule has 8 nitrogen and oxygen atoms in total. The van der Waals surface area contributed by atoms with Crippen molar-refractivity contribution in [2.75, 3.05) is 12.4 Å². The maximum Gasteiger partial charge on any atom is 0.268 e. The fourth-order valence-corrected chi connectivity index (χ4v) is 5.24. The number of aliphatic hydroxyl groups is 1. The average Bonchev–Trinajstić information content (AvgIpc) is 3.49. The predicted molar refractivity (Wildman–Crippen MR) is 135 cm³/mol. The Balaban J connectivity index is 1.59. The van der Waals surface area contributed by atoms with Crippen LogP contribution in [-0.4, -0.2) is 50.7 Å². The number of unbranched alkanes of at least 4 members (excludes halogenated alkanes) is 1. The van der Waals surface area contributed by atoms with E-state index in [2.05, 4.69) is 10.3 Å². The lowest BCUT2D eigenvalue weighted by Crippen LogP contribution is -2.38. The van der Waals surface area contributed by atoms with Gasteiger partial charge in [-0.05, 0) is 61.7 Å². The summed E-state index contributed by atoms with van der Waals surface area (Å²) >= 11 is 1.37. The Morgan fingerprint density at radius 1 is 1.26 bits per heavy atom. The highest BCUT2D eigenvalue weighted by Crippen LogP contribution is 2.26. The Bertz CT molecular complexity index is 1120. The van der Waals surface area contributed by atoms with Gasteiger partial charge >= 0.3 is 0 Å². The van der Waals surface area contributed by atoms with Gasteiger partial charge in [-0.1, -0.05) is 25.3 Å². The highest BCUT2D eigenvalue weighted by atomic mass is 32.1. The Labute approximate surface area is 203 Å². The molecule has 0 aliphatic heterocycles. The first-order valence-corrected chi connectivity index (χ1v) is 12.9. The number of imidazole rings is 1. The van der Waals surface area contributed by atoms with E-state index in [0.29, 0.717) is 34.9 Å². The van der Waals surface area contributed by atoms with E-state index in [4.69, 9.17) is 5.73 Å². The smallest absolute Gasteiger partial charge is 0.268 e. The van der Waals surface area contributed by atoms with Crippen LogP contribution in [-0.2, 0) is 6.54 Å². The lowest BCUT2D eigenvalue weighted by Gasteiger charge is -2.31. The van der Waals surface area contributed by atoms with Crippen molar-refractivity contribution in [3.8, 4) is 0 Å². The summed E-state index contributed by atoms with van der Waals surface area (Å²) < 4.78 is 1.96. The first-order chi connectivity index (χ1) is 16.4. The van der Waals surface area contributed by atoms with Crippen LogP contribution in [0, 0.1) is 0 Å². The largest absolute Gasteiger partial charge is 0.379 e. The van der Waals surface area contributed by atoms with E-state index in [-0.39, 0.29) is 17.9 Å². The van der Waals surface area contributed by atoms with Gasteiger partial charge in [0.25, 0.3) is 11.8 Å². The molecule has 2 amide bonds. The van der Waals surface area contributed by atoms with Crippen molar-refractivity contribution >= 4 is 40.1 Å². The standard InChI is InChI=1S/C25H33N5O3S/c1-29(18-8-3-2-4-9-18)24(33)17-12-13-20-19(16-17)27-25(28-23(32)21-10-7-15-34-21)30(20)14-6-5-11-22(26)31/h7,10,12-13,15-16,18,22,31H,2-6,8-9,11,14,26H2,1H3,(H,27,28,32). The molecule has 1 unspecified atom stereocenters. The van der Waals surface area contributed by atoms with Crippen LogP contribution in [0.15, 0.2) is 35.7 Å². The molecule has 1 aliphatic rings. The first-order valence-electron chi connectivity index (χ1n) is 12.0. The van der Waals surface area contributed by atoms with Gasteiger partial charge in [-0.25, -0.2) is 4.98 Å². The summed E-state index contributed by atoms with van der Waals surface area (Å²) in [4.78, 5) is 33.0. The van der Waals surface area contributed by atoms with Crippen molar-refractivity contribution in [2.24, 2.45) is 5.73 Å². The first kappa shape index (κ1) is 24.4. The molecule has 1 aromatic carbocycles. The SMILES string of the molecule is CN(C(=O)c1ccc2c(c1)nc(NC(=O)c1cccs1)n2CCCCC(N)O)C1CCCCC1. The molecule has 2 aromatic heterocycles. The van der Waals surface area contributed by atoms with Gasteiger partial charge in [-0.3, -0.25) is 14.9 Å². The van der Waals surface area contributed by atoms with E-state index in [1.807, 2.05) is 46.2 Å². The van der Waals surface area contributed by atoms with Gasteiger partial charge in [0.05, 0.1) is 15.9 Å². The van der Waals surface area contributed by atoms with Crippen molar-refractivity contribution in [3.63, 3.8) is 0 Å². The highest BCUT2D eigenvalue weighted by Gasteiger charge is 2.24. The number of rotatable bonds is 9. The lowest BCUT2D eigenvalue weighted by atomic mass is 9.94. The zero-order chi connectivity index (χ0) is 24.1. The summed E-state index contributed by atoms with van der Waals surface area (Å²) in [6.45, 7) is 0.610. The molecule has 1 saturated carbocycles. The molecule has 0 saturated heterocycles. The van der Waals surface area contributed by atoms with E-state index in [9.17, 15) is 14.7 Å². The van der Waals surface area contributed by atoms with Crippen LogP contribution in [0.5, 0.6) is 0 Å². The quantitative estimate of drug-likeness (QED) is 0.312. The third-order valence-corrected chi connectivity index (χ3v) is 7.41. The number of nitrogens with one attached hydrogen (secondary N) is 1. The highest BCUT2D eigenvalue weighted by molar-refractivity contribution is 7.12. The van der Waals surface area contributed by atoms with Crippen LogP contribution in [0.25, 0.3) is 11.0 Å². The van der Waals surface area contributed by atoms with Gasteiger partial charge in [0.15, 0.2) is 0 Å². The molecule has 4 N–H and O–H groups in total. The molecule has 9 heteroatoms. The minimum Gasteiger partial charge on any atom is -0.379 e. The zero-order valence-electron chi connectivity index (χ0n) is 19.6. The predicted octanol–water partition coefficient (Wildman–Crippen LogP) is 4.20. The second-order valence-corrected chi connectivity index (χ2v) is 9.94. The summed E-state index contributed by atoms with van der Waals surface area (Å²) in [7, 11) is 1.89. The maximum absolute atomic E-state index is 13.2. The molecular formula is C25H33N5O3S. The number of fused-ring (bicyclic) bond motifs is 1. The third-order valence-electron chi connectivity index (χ3n) is 6.54. The number of nitrogens with two attached hydrogens (primary N) is 1. The van der Waals surface area contributed by atoms with Crippen LogP contribution in [0.2, 0.25) is 0 Å². The number of aliphatic hydroxyl groups excluding tert-OH is 1. The summed E-state index contributed by atoms with van der Waals surface area (Å²) in [6, 6.07) is 9.46. The van der Waals surface area contributed by atoms with E-state index in [0.717, 1.165) is 31.2 Å². The van der Waals surface area contributed by atoms with Crippen LogP contribution in [0.1, 0.15) is 71.4 Å². The molecule has 1 aliphatic carbocycles. The van der Waals surface area contributed by atoms with E-state index < -0.39 is 6.23 Å². The van der Waals surface area contributed by atoms with Gasteiger partial charge in [0.2, 0.25) is 5.95 Å². The number of hydrogen-bond donors (Lipinski definition) is 3. The van der Waals surface area contributed by atoms with Gasteiger partial charge in [0, 0.05) is 25.2 Å². The number of benzene rings is 1. The van der Waals surface area contributed by atoms with Crippen molar-refractivity contribution in [1.29, 1.82) is 0 Å². The van der Waals surface area contributed by atoms with E-state index in [1.54, 1.807) is 6.07 Å². The molecule has 1 fully saturated rings. The molecule has 3 aromatic rings. The summed E-state index contributed by atoms with van der Waals surface area (Å²) in [5, 5.41) is 14.1. The van der Waals surface area contributed by atoms with Gasteiger partial charge in [-0.15, -0.1) is 11.3 Å². The maximum atomic E-state index is 13.2. The van der Waals surface area contributed by atoms with Crippen molar-refractivity contribution in [3.05, 3.63) is 46.2 Å². The topological polar surface area (TPSA) is 113 Å². The second kappa shape index (κ2) is 11.1. The molecule has 0 radical (unpaired) electrons.